The molecule has 1 saturated heterocycles. The molecule has 16 heavy (non-hydrogen) atoms. The topological polar surface area (TPSA) is 21.8 Å². The summed E-state index contributed by atoms with van der Waals surface area (Å²) in [6.07, 6.45) is 0.306. The van der Waals surface area contributed by atoms with Crippen LogP contribution in [0.1, 0.15) is 0 Å². The summed E-state index contributed by atoms with van der Waals surface area (Å²) in [7, 11) is 0. The molecule has 1 aliphatic rings. The van der Waals surface area contributed by atoms with Gasteiger partial charge in [0.15, 0.2) is 0 Å². The zero-order valence-corrected chi connectivity index (χ0v) is 10.2. The molecule has 1 aliphatic heterocycles. The van der Waals surface area contributed by atoms with Crippen molar-refractivity contribution in [1.29, 1.82) is 0 Å². The van der Waals surface area contributed by atoms with E-state index in [-0.39, 0.29) is 0 Å². The van der Waals surface area contributed by atoms with Gasteiger partial charge in [0.2, 0.25) is 0 Å². The van der Waals surface area contributed by atoms with E-state index in [0.29, 0.717) is 12.7 Å². The predicted molar refractivity (Wildman–Crippen MR) is 66.9 cm³/mol. The summed E-state index contributed by atoms with van der Waals surface area (Å²) in [5.74, 6) is 0.908. The van der Waals surface area contributed by atoms with E-state index in [1.807, 2.05) is 12.1 Å². The van der Waals surface area contributed by atoms with Crippen molar-refractivity contribution in [2.45, 2.75) is 6.10 Å². The molecule has 0 N–H and O–H groups in total. The van der Waals surface area contributed by atoms with Gasteiger partial charge in [-0.1, -0.05) is 28.1 Å². The maximum absolute atomic E-state index is 5.63. The maximum Gasteiger partial charge on any atom is 0.120 e. The van der Waals surface area contributed by atoms with Crippen LogP contribution in [-0.4, -0.2) is 19.3 Å². The largest absolute Gasteiger partial charge is 0.491 e. The van der Waals surface area contributed by atoms with Crippen molar-refractivity contribution in [3.63, 3.8) is 0 Å². The van der Waals surface area contributed by atoms with Gasteiger partial charge < -0.3 is 9.47 Å². The quantitative estimate of drug-likeness (QED) is 0.803. The van der Waals surface area contributed by atoms with Crippen LogP contribution in [0.5, 0.6) is 5.75 Å². The summed E-state index contributed by atoms with van der Waals surface area (Å²) in [5, 5.41) is 2.40. The second-order valence-corrected chi connectivity index (χ2v) is 4.84. The fourth-order valence-corrected chi connectivity index (χ4v) is 2.02. The fourth-order valence-electron chi connectivity index (χ4n) is 1.64. The smallest absolute Gasteiger partial charge is 0.120 e. The second kappa shape index (κ2) is 4.07. The van der Waals surface area contributed by atoms with Crippen LogP contribution in [0.2, 0.25) is 0 Å². The number of rotatable bonds is 3. The Hall–Kier alpha value is -1.06. The van der Waals surface area contributed by atoms with E-state index in [1.165, 1.54) is 10.8 Å². The molecule has 1 atom stereocenters. The SMILES string of the molecule is Brc1ccc2cc(OCC3CO3)ccc2c1. The summed E-state index contributed by atoms with van der Waals surface area (Å²) >= 11 is 3.46. The van der Waals surface area contributed by atoms with E-state index < -0.39 is 0 Å². The number of hydrogen-bond donors (Lipinski definition) is 0. The van der Waals surface area contributed by atoms with E-state index in [4.69, 9.17) is 9.47 Å². The van der Waals surface area contributed by atoms with Crippen molar-refractivity contribution in [2.75, 3.05) is 13.2 Å². The normalized spacial score (nSPS) is 18.7. The lowest BCUT2D eigenvalue weighted by Crippen LogP contribution is -2.03. The van der Waals surface area contributed by atoms with Crippen LogP contribution in [0.4, 0.5) is 0 Å². The molecule has 2 aromatic carbocycles. The molecule has 0 aromatic heterocycles. The van der Waals surface area contributed by atoms with Gasteiger partial charge in [0.1, 0.15) is 18.5 Å². The monoisotopic (exact) mass is 278 g/mol. The average molecular weight is 279 g/mol. The Labute approximate surface area is 102 Å². The summed E-state index contributed by atoms with van der Waals surface area (Å²) in [4.78, 5) is 0. The zero-order chi connectivity index (χ0) is 11.0. The van der Waals surface area contributed by atoms with E-state index in [0.717, 1.165) is 16.8 Å². The highest BCUT2D eigenvalue weighted by molar-refractivity contribution is 9.10. The predicted octanol–water partition coefficient (Wildman–Crippen LogP) is 3.38. The van der Waals surface area contributed by atoms with Crippen molar-refractivity contribution >= 4 is 26.7 Å². The second-order valence-electron chi connectivity index (χ2n) is 3.92. The van der Waals surface area contributed by atoms with Crippen LogP contribution >= 0.6 is 15.9 Å². The lowest BCUT2D eigenvalue weighted by atomic mass is 10.1. The van der Waals surface area contributed by atoms with Gasteiger partial charge in [0.25, 0.3) is 0 Å². The van der Waals surface area contributed by atoms with Crippen LogP contribution in [0.15, 0.2) is 40.9 Å². The summed E-state index contributed by atoms with van der Waals surface area (Å²) < 4.78 is 11.8. The van der Waals surface area contributed by atoms with Crippen molar-refractivity contribution < 1.29 is 9.47 Å². The van der Waals surface area contributed by atoms with E-state index in [1.54, 1.807) is 0 Å². The van der Waals surface area contributed by atoms with Gasteiger partial charge in [-0.3, -0.25) is 0 Å². The third kappa shape index (κ3) is 2.20. The molecule has 0 radical (unpaired) electrons. The summed E-state index contributed by atoms with van der Waals surface area (Å²) in [5.41, 5.74) is 0. The Morgan fingerprint density at radius 3 is 2.75 bits per heavy atom. The molecule has 3 rings (SSSR count). The summed E-state index contributed by atoms with van der Waals surface area (Å²) in [6, 6.07) is 12.4. The molecule has 3 heteroatoms. The molecule has 0 amide bonds. The number of ether oxygens (including phenoxy) is 2. The number of halogens is 1. The first-order valence-corrected chi connectivity index (χ1v) is 6.04. The first-order chi connectivity index (χ1) is 7.81. The minimum atomic E-state index is 0.306. The van der Waals surface area contributed by atoms with E-state index in [9.17, 15) is 0 Å². The molecule has 0 aliphatic carbocycles. The van der Waals surface area contributed by atoms with Gasteiger partial charge in [0, 0.05) is 4.47 Å². The Bertz CT molecular complexity index is 520. The molecule has 0 saturated carbocycles. The van der Waals surface area contributed by atoms with Crippen LogP contribution in [0.25, 0.3) is 10.8 Å². The van der Waals surface area contributed by atoms with Crippen LogP contribution in [0, 0.1) is 0 Å². The van der Waals surface area contributed by atoms with Crippen molar-refractivity contribution in [3.05, 3.63) is 40.9 Å². The van der Waals surface area contributed by atoms with Crippen LogP contribution in [0.3, 0.4) is 0 Å². The van der Waals surface area contributed by atoms with Crippen LogP contribution in [-0.2, 0) is 4.74 Å². The molecular weight excluding hydrogens is 268 g/mol. The van der Waals surface area contributed by atoms with Gasteiger partial charge in [-0.15, -0.1) is 0 Å². The van der Waals surface area contributed by atoms with Crippen molar-refractivity contribution in [1.82, 2.24) is 0 Å². The van der Waals surface area contributed by atoms with Gasteiger partial charge >= 0.3 is 0 Å². The highest BCUT2D eigenvalue weighted by Crippen LogP contribution is 2.24. The Kier molecular flexibility index (Phi) is 2.58. The van der Waals surface area contributed by atoms with Gasteiger partial charge in [-0.05, 0) is 35.0 Å². The fraction of sp³-hybridized carbons (Fsp3) is 0.231. The van der Waals surface area contributed by atoms with Crippen molar-refractivity contribution in [2.24, 2.45) is 0 Å². The number of benzene rings is 2. The van der Waals surface area contributed by atoms with E-state index in [2.05, 4.69) is 40.2 Å². The molecule has 82 valence electrons. The third-order valence-corrected chi connectivity index (χ3v) is 3.11. The molecule has 1 heterocycles. The standard InChI is InChI=1S/C13H11BrO2/c14-11-3-1-10-6-12(4-2-9(10)5-11)15-7-13-8-16-13/h1-6,13H,7-8H2. The molecule has 1 fully saturated rings. The molecule has 1 unspecified atom stereocenters. The Morgan fingerprint density at radius 2 is 1.94 bits per heavy atom. The first kappa shape index (κ1) is 10.1. The van der Waals surface area contributed by atoms with E-state index >= 15 is 0 Å². The zero-order valence-electron chi connectivity index (χ0n) is 8.65. The third-order valence-electron chi connectivity index (χ3n) is 2.61. The lowest BCUT2D eigenvalue weighted by Gasteiger charge is -2.05. The average Bonchev–Trinajstić information content (AvgIpc) is 3.10. The first-order valence-electron chi connectivity index (χ1n) is 5.25. The Balaban J connectivity index is 1.86. The minimum absolute atomic E-state index is 0.306. The maximum atomic E-state index is 5.63. The highest BCUT2D eigenvalue weighted by Gasteiger charge is 2.22. The number of fused-ring (bicyclic) bond motifs is 1. The number of epoxide rings is 1. The Morgan fingerprint density at radius 1 is 1.19 bits per heavy atom. The highest BCUT2D eigenvalue weighted by atomic mass is 79.9. The van der Waals surface area contributed by atoms with Crippen LogP contribution < -0.4 is 4.74 Å². The lowest BCUT2D eigenvalue weighted by molar-refractivity contribution is 0.263. The molecule has 0 bridgehead atoms. The van der Waals surface area contributed by atoms with Gasteiger partial charge in [-0.25, -0.2) is 0 Å². The van der Waals surface area contributed by atoms with Gasteiger partial charge in [0.05, 0.1) is 6.61 Å². The molecule has 2 aromatic rings. The van der Waals surface area contributed by atoms with Crippen molar-refractivity contribution in [3.8, 4) is 5.75 Å². The summed E-state index contributed by atoms with van der Waals surface area (Å²) in [6.45, 7) is 1.49. The minimum Gasteiger partial charge on any atom is -0.491 e. The van der Waals surface area contributed by atoms with Gasteiger partial charge in [-0.2, -0.15) is 0 Å². The molecule has 0 spiro atoms. The number of hydrogen-bond acceptors (Lipinski definition) is 2. The molecular formula is C13H11BrO2. The molecule has 2 nitrogen and oxygen atoms in total.